The highest BCUT2D eigenvalue weighted by Gasteiger charge is 2.37. The van der Waals surface area contributed by atoms with Crippen LogP contribution in [0.15, 0.2) is 29.2 Å². The zero-order valence-corrected chi connectivity index (χ0v) is 13.4. The van der Waals surface area contributed by atoms with E-state index in [1.807, 2.05) is 5.32 Å². The van der Waals surface area contributed by atoms with Gasteiger partial charge in [0.1, 0.15) is 6.04 Å². The van der Waals surface area contributed by atoms with Gasteiger partial charge in [-0.3, -0.25) is 9.59 Å². The zero-order valence-electron chi connectivity index (χ0n) is 12.6. The average molecular weight is 368 g/mol. The molecule has 7 nitrogen and oxygen atoms in total. The van der Waals surface area contributed by atoms with Crippen molar-refractivity contribution in [2.75, 3.05) is 0 Å². The molecule has 0 spiro atoms. The van der Waals surface area contributed by atoms with Gasteiger partial charge in [0.05, 0.1) is 16.5 Å². The van der Waals surface area contributed by atoms with Crippen LogP contribution in [0, 0.1) is 0 Å². The van der Waals surface area contributed by atoms with Crippen molar-refractivity contribution in [3.63, 3.8) is 0 Å². The fourth-order valence-corrected chi connectivity index (χ4v) is 3.12. The molecule has 0 aromatic heterocycles. The summed E-state index contributed by atoms with van der Waals surface area (Å²) in [5.41, 5.74) is -1.37. The van der Waals surface area contributed by atoms with E-state index in [1.165, 1.54) is 0 Å². The van der Waals surface area contributed by atoms with Crippen molar-refractivity contribution < 1.29 is 36.3 Å². The van der Waals surface area contributed by atoms with E-state index in [9.17, 15) is 31.2 Å². The number of aliphatic carboxylic acids is 1. The molecule has 2 atom stereocenters. The molecular weight excluding hydrogens is 353 g/mol. The number of rotatable bonds is 6. The van der Waals surface area contributed by atoms with E-state index >= 15 is 0 Å². The molecule has 0 saturated carbocycles. The molecule has 0 aliphatic rings. The lowest BCUT2D eigenvalue weighted by Gasteiger charge is -2.18. The van der Waals surface area contributed by atoms with Crippen molar-refractivity contribution in [2.24, 2.45) is 0 Å². The van der Waals surface area contributed by atoms with Gasteiger partial charge in [0, 0.05) is 0 Å². The van der Waals surface area contributed by atoms with Gasteiger partial charge in [0.2, 0.25) is 15.9 Å². The largest absolute Gasteiger partial charge is 0.480 e. The molecular formula is C13H15F3N2O5S. The Morgan fingerprint density at radius 1 is 1.12 bits per heavy atom. The van der Waals surface area contributed by atoms with Crippen LogP contribution < -0.4 is 10.0 Å². The first-order chi connectivity index (χ1) is 10.9. The van der Waals surface area contributed by atoms with Crippen molar-refractivity contribution in [2.45, 2.75) is 37.0 Å². The van der Waals surface area contributed by atoms with Crippen LogP contribution in [0.1, 0.15) is 19.4 Å². The Balaban J connectivity index is 3.03. The Kier molecular flexibility index (Phi) is 5.95. The van der Waals surface area contributed by atoms with Crippen LogP contribution in [0.2, 0.25) is 0 Å². The fourth-order valence-electron chi connectivity index (χ4n) is 1.69. The van der Waals surface area contributed by atoms with Gasteiger partial charge >= 0.3 is 12.1 Å². The Bertz CT molecular complexity index is 733. The molecule has 24 heavy (non-hydrogen) atoms. The van der Waals surface area contributed by atoms with Crippen LogP contribution in [0.4, 0.5) is 13.2 Å². The molecule has 1 unspecified atom stereocenters. The van der Waals surface area contributed by atoms with Crippen LogP contribution in [0.3, 0.4) is 0 Å². The molecule has 0 bridgehead atoms. The normalized spacial score (nSPS) is 14.7. The molecule has 0 heterocycles. The molecule has 3 N–H and O–H groups in total. The number of nitrogens with one attached hydrogen (secondary N) is 2. The molecule has 0 radical (unpaired) electrons. The van der Waals surface area contributed by atoms with E-state index in [0.29, 0.717) is 6.07 Å². The van der Waals surface area contributed by atoms with Crippen molar-refractivity contribution >= 4 is 21.9 Å². The predicted molar refractivity (Wildman–Crippen MR) is 76.5 cm³/mol. The lowest BCUT2D eigenvalue weighted by atomic mass is 10.2. The van der Waals surface area contributed by atoms with E-state index < -0.39 is 50.6 Å². The third-order valence-corrected chi connectivity index (χ3v) is 4.54. The number of alkyl halides is 3. The third kappa shape index (κ3) is 4.93. The standard InChI is InChI=1S/C13H15F3N2O5S/c1-7(11(19)17-8(2)12(20)21)18-24(22,23)10-6-4-3-5-9(10)13(14,15)16/h3-8,18H,1-2H3,(H,17,19)(H,20,21)/t7?,8-/m1/s1. The lowest BCUT2D eigenvalue weighted by molar-refractivity contribution is -0.141. The number of hydrogen-bond acceptors (Lipinski definition) is 4. The summed E-state index contributed by atoms with van der Waals surface area (Å²) in [4.78, 5) is 21.3. The van der Waals surface area contributed by atoms with Gasteiger partial charge in [0.25, 0.3) is 0 Å². The maximum atomic E-state index is 12.9. The number of halogens is 3. The molecule has 0 fully saturated rings. The Hall–Kier alpha value is -2.14. The summed E-state index contributed by atoms with van der Waals surface area (Å²) in [7, 11) is -4.65. The Labute approximate surface area is 135 Å². The summed E-state index contributed by atoms with van der Waals surface area (Å²) in [5.74, 6) is -2.33. The molecule has 1 aromatic rings. The highest BCUT2D eigenvalue weighted by atomic mass is 32.2. The smallest absolute Gasteiger partial charge is 0.417 e. The summed E-state index contributed by atoms with van der Waals surface area (Å²) in [5, 5.41) is 10.7. The SMILES string of the molecule is CC(NS(=O)(=O)c1ccccc1C(F)(F)F)C(=O)N[C@H](C)C(=O)O. The van der Waals surface area contributed by atoms with Gasteiger partial charge in [0.15, 0.2) is 0 Å². The highest BCUT2D eigenvalue weighted by molar-refractivity contribution is 7.89. The van der Waals surface area contributed by atoms with Crippen molar-refractivity contribution in [1.29, 1.82) is 0 Å². The van der Waals surface area contributed by atoms with Crippen molar-refractivity contribution in [1.82, 2.24) is 10.0 Å². The molecule has 0 aliphatic carbocycles. The van der Waals surface area contributed by atoms with Gasteiger partial charge < -0.3 is 10.4 Å². The van der Waals surface area contributed by atoms with Crippen LogP contribution in [0.25, 0.3) is 0 Å². The first-order valence-corrected chi connectivity index (χ1v) is 8.06. The Morgan fingerprint density at radius 2 is 1.67 bits per heavy atom. The van der Waals surface area contributed by atoms with Gasteiger partial charge in [-0.05, 0) is 26.0 Å². The summed E-state index contributed by atoms with van der Waals surface area (Å²) in [6.45, 7) is 2.23. The second-order valence-electron chi connectivity index (χ2n) is 4.91. The van der Waals surface area contributed by atoms with Gasteiger partial charge in [-0.15, -0.1) is 0 Å². The van der Waals surface area contributed by atoms with Crippen LogP contribution in [-0.4, -0.2) is 37.5 Å². The summed E-state index contributed by atoms with van der Waals surface area (Å²) < 4.78 is 64.7. The monoisotopic (exact) mass is 368 g/mol. The molecule has 1 aromatic carbocycles. The zero-order chi connectivity index (χ0) is 18.7. The van der Waals surface area contributed by atoms with Crippen molar-refractivity contribution in [3.8, 4) is 0 Å². The minimum absolute atomic E-state index is 0.603. The van der Waals surface area contributed by atoms with Crippen LogP contribution in [0.5, 0.6) is 0 Å². The second-order valence-corrected chi connectivity index (χ2v) is 6.59. The van der Waals surface area contributed by atoms with Crippen LogP contribution >= 0.6 is 0 Å². The van der Waals surface area contributed by atoms with E-state index in [0.717, 1.165) is 32.0 Å². The van der Waals surface area contributed by atoms with Gasteiger partial charge in [-0.1, -0.05) is 12.1 Å². The molecule has 1 amide bonds. The molecule has 0 aliphatic heterocycles. The maximum absolute atomic E-state index is 12.9. The van der Waals surface area contributed by atoms with E-state index in [-0.39, 0.29) is 0 Å². The number of carbonyl (C=O) groups excluding carboxylic acids is 1. The van der Waals surface area contributed by atoms with E-state index in [2.05, 4.69) is 0 Å². The maximum Gasteiger partial charge on any atom is 0.417 e. The number of amides is 1. The second kappa shape index (κ2) is 7.18. The number of carbonyl (C=O) groups is 2. The van der Waals surface area contributed by atoms with E-state index in [1.54, 1.807) is 4.72 Å². The first-order valence-electron chi connectivity index (χ1n) is 6.58. The molecule has 11 heteroatoms. The topological polar surface area (TPSA) is 113 Å². The summed E-state index contributed by atoms with van der Waals surface area (Å²) >= 11 is 0. The molecule has 1 rings (SSSR count). The van der Waals surface area contributed by atoms with Crippen molar-refractivity contribution in [3.05, 3.63) is 29.8 Å². The Morgan fingerprint density at radius 3 is 2.17 bits per heavy atom. The van der Waals surface area contributed by atoms with Crippen LogP contribution in [-0.2, 0) is 25.8 Å². The first kappa shape index (κ1) is 19.9. The minimum Gasteiger partial charge on any atom is -0.480 e. The summed E-state index contributed by atoms with van der Waals surface area (Å²) in [6.07, 6.45) is -4.89. The fraction of sp³-hybridized carbons (Fsp3) is 0.385. The number of carboxylic acids is 1. The predicted octanol–water partition coefficient (Wildman–Crippen LogP) is 0.962. The quantitative estimate of drug-likeness (QED) is 0.692. The van der Waals surface area contributed by atoms with E-state index in [4.69, 9.17) is 5.11 Å². The third-order valence-electron chi connectivity index (χ3n) is 2.94. The lowest BCUT2D eigenvalue weighted by Crippen LogP contribution is -2.49. The number of carboxylic acid groups (broad SMARTS) is 1. The van der Waals surface area contributed by atoms with Gasteiger partial charge in [-0.25, -0.2) is 8.42 Å². The number of benzene rings is 1. The molecule has 134 valence electrons. The minimum atomic E-state index is -4.89. The number of hydrogen-bond donors (Lipinski definition) is 3. The molecule has 0 saturated heterocycles. The summed E-state index contributed by atoms with van der Waals surface area (Å²) in [6, 6.07) is 0.750. The van der Waals surface area contributed by atoms with Gasteiger partial charge in [-0.2, -0.15) is 17.9 Å². The average Bonchev–Trinajstić information content (AvgIpc) is 2.45. The number of sulfonamides is 1. The highest BCUT2D eigenvalue weighted by Crippen LogP contribution is 2.33.